The zero-order chi connectivity index (χ0) is 34.0. The van der Waals surface area contributed by atoms with Gasteiger partial charge in [-0.25, -0.2) is 18.4 Å². The average molecular weight is 646 g/mol. The monoisotopic (exact) mass is 645 g/mol. The molecule has 0 saturated heterocycles. The summed E-state index contributed by atoms with van der Waals surface area (Å²) in [5.41, 5.74) is -5.58. The molecule has 1 atom stereocenters. The second kappa shape index (κ2) is 13.2. The second-order valence-electron chi connectivity index (χ2n) is 11.5. The predicted molar refractivity (Wildman–Crippen MR) is 161 cm³/mol. The van der Waals surface area contributed by atoms with Crippen molar-refractivity contribution in [3.8, 4) is 16.9 Å². The normalized spacial score (nSPS) is 12.5. The van der Waals surface area contributed by atoms with Crippen molar-refractivity contribution >= 4 is 6.09 Å². The number of nitrogens with one attached hydrogen (secondary N) is 1. The number of alkyl carbamates (subject to hydrolysis) is 1. The van der Waals surface area contributed by atoms with Crippen molar-refractivity contribution in [1.29, 1.82) is 0 Å². The lowest BCUT2D eigenvalue weighted by Gasteiger charge is -2.25. The fourth-order valence-electron chi connectivity index (χ4n) is 4.97. The van der Waals surface area contributed by atoms with Gasteiger partial charge in [0.2, 0.25) is 0 Å². The van der Waals surface area contributed by atoms with Gasteiger partial charge in [-0.3, -0.25) is 13.9 Å². The summed E-state index contributed by atoms with van der Waals surface area (Å²) in [4.78, 5) is 40.9. The first-order valence-electron chi connectivity index (χ1n) is 14.1. The lowest BCUT2D eigenvalue weighted by molar-refractivity contribution is -0.138. The van der Waals surface area contributed by atoms with Crippen LogP contribution in [0.25, 0.3) is 11.1 Å². The minimum Gasteiger partial charge on any atom is -0.494 e. The van der Waals surface area contributed by atoms with Gasteiger partial charge in [-0.2, -0.15) is 13.2 Å². The van der Waals surface area contributed by atoms with Gasteiger partial charge in [0.25, 0.3) is 5.56 Å². The lowest BCUT2D eigenvalue weighted by Crippen LogP contribution is -2.45. The molecule has 1 heterocycles. The Labute approximate surface area is 261 Å². The van der Waals surface area contributed by atoms with Gasteiger partial charge in [-0.15, -0.1) is 0 Å². The molecule has 13 heteroatoms. The highest BCUT2D eigenvalue weighted by Gasteiger charge is 2.35. The van der Waals surface area contributed by atoms with Crippen LogP contribution in [0.1, 0.15) is 49.3 Å². The van der Waals surface area contributed by atoms with Crippen molar-refractivity contribution in [3.63, 3.8) is 0 Å². The predicted octanol–water partition coefficient (Wildman–Crippen LogP) is 6.61. The molecule has 0 spiro atoms. The van der Waals surface area contributed by atoms with Crippen molar-refractivity contribution in [2.24, 2.45) is 0 Å². The average Bonchev–Trinajstić information content (AvgIpc) is 2.97. The van der Waals surface area contributed by atoms with Crippen LogP contribution in [0.5, 0.6) is 5.75 Å². The Balaban J connectivity index is 2.00. The highest BCUT2D eigenvalue weighted by molar-refractivity contribution is 5.69. The van der Waals surface area contributed by atoms with E-state index in [1.807, 2.05) is 0 Å². The number of nitrogens with zero attached hydrogens (tertiary/aromatic N) is 2. The van der Waals surface area contributed by atoms with Gasteiger partial charge in [0.1, 0.15) is 11.9 Å². The van der Waals surface area contributed by atoms with Crippen LogP contribution < -0.4 is 21.3 Å². The summed E-state index contributed by atoms with van der Waals surface area (Å²) in [6.45, 7) is 4.82. The smallest absolute Gasteiger partial charge is 0.416 e. The van der Waals surface area contributed by atoms with Crippen LogP contribution >= 0.6 is 0 Å². The Morgan fingerprint density at radius 1 is 0.913 bits per heavy atom. The van der Waals surface area contributed by atoms with Gasteiger partial charge >= 0.3 is 18.0 Å². The van der Waals surface area contributed by atoms with Crippen LogP contribution in [0.15, 0.2) is 76.3 Å². The minimum atomic E-state index is -4.97. The molecular formula is C33H32F5N3O5. The van der Waals surface area contributed by atoms with E-state index in [4.69, 9.17) is 9.47 Å². The molecule has 4 rings (SSSR count). The van der Waals surface area contributed by atoms with Crippen LogP contribution in [-0.2, 0) is 24.0 Å². The quantitative estimate of drug-likeness (QED) is 0.218. The maximum atomic E-state index is 15.6. The molecule has 0 radical (unpaired) electrons. The molecule has 8 nitrogen and oxygen atoms in total. The number of carbonyl (C=O) groups is 1. The number of benzene rings is 3. The van der Waals surface area contributed by atoms with Gasteiger partial charge in [0.15, 0.2) is 11.6 Å². The number of halogens is 5. The molecule has 244 valence electrons. The third kappa shape index (κ3) is 7.30. The first-order valence-corrected chi connectivity index (χ1v) is 14.1. The van der Waals surface area contributed by atoms with E-state index in [2.05, 4.69) is 5.32 Å². The lowest BCUT2D eigenvalue weighted by atomic mass is 10.0. The van der Waals surface area contributed by atoms with E-state index in [9.17, 15) is 31.9 Å². The molecule has 46 heavy (non-hydrogen) atoms. The van der Waals surface area contributed by atoms with Crippen LogP contribution in [0.4, 0.5) is 26.7 Å². The first-order chi connectivity index (χ1) is 21.5. The van der Waals surface area contributed by atoms with E-state index in [-0.39, 0.29) is 22.6 Å². The van der Waals surface area contributed by atoms with Crippen molar-refractivity contribution < 1.29 is 36.2 Å². The van der Waals surface area contributed by atoms with Crippen LogP contribution in [0.3, 0.4) is 0 Å². The fourth-order valence-corrected chi connectivity index (χ4v) is 4.97. The third-order valence-electron chi connectivity index (χ3n) is 7.13. The molecule has 0 unspecified atom stereocenters. The molecule has 0 fully saturated rings. The van der Waals surface area contributed by atoms with Crippen LogP contribution in [0, 0.1) is 18.6 Å². The second-order valence-corrected chi connectivity index (χ2v) is 11.5. The molecule has 0 aliphatic heterocycles. The number of rotatable bonds is 8. The maximum absolute atomic E-state index is 15.6. The van der Waals surface area contributed by atoms with Gasteiger partial charge < -0.3 is 14.8 Å². The van der Waals surface area contributed by atoms with Crippen LogP contribution in [-0.4, -0.2) is 27.9 Å². The Hall–Kier alpha value is -4.94. The molecule has 0 aliphatic rings. The van der Waals surface area contributed by atoms with Gasteiger partial charge in [0.05, 0.1) is 31.3 Å². The number of aromatic nitrogens is 2. The van der Waals surface area contributed by atoms with E-state index >= 15 is 4.39 Å². The number of hydrogen-bond acceptors (Lipinski definition) is 5. The summed E-state index contributed by atoms with van der Waals surface area (Å²) in [5, 5.41) is 2.63. The highest BCUT2D eigenvalue weighted by Crippen LogP contribution is 2.34. The molecule has 4 aromatic rings. The Kier molecular flexibility index (Phi) is 9.74. The molecular weight excluding hydrogens is 613 g/mol. The molecule has 1 N–H and O–H groups in total. The SMILES string of the molecule is COc1cccc(-c2c(C)n(Cc3c(F)cccc3C(F)(F)F)c(=O)n(C[C@H](OC(=O)NC(C)(C)C)c3ccccc3)c2=O)c1F. The third-order valence-corrected chi connectivity index (χ3v) is 7.13. The summed E-state index contributed by atoms with van der Waals surface area (Å²) in [6.07, 6.45) is -7.10. The molecule has 0 bridgehead atoms. The van der Waals surface area contributed by atoms with Gasteiger partial charge in [-0.1, -0.05) is 48.5 Å². The molecule has 1 amide bonds. The summed E-state index contributed by atoms with van der Waals surface area (Å²) >= 11 is 0. The molecule has 3 aromatic carbocycles. The Morgan fingerprint density at radius 3 is 2.17 bits per heavy atom. The maximum Gasteiger partial charge on any atom is 0.416 e. The van der Waals surface area contributed by atoms with E-state index in [1.165, 1.54) is 32.2 Å². The zero-order valence-corrected chi connectivity index (χ0v) is 25.7. The summed E-state index contributed by atoms with van der Waals surface area (Å²) < 4.78 is 84.5. The van der Waals surface area contributed by atoms with Crippen molar-refractivity contribution in [1.82, 2.24) is 14.5 Å². The number of alkyl halides is 3. The summed E-state index contributed by atoms with van der Waals surface area (Å²) in [7, 11) is 1.20. The number of carbonyl (C=O) groups excluding carboxylic acids is 1. The van der Waals surface area contributed by atoms with E-state index in [0.717, 1.165) is 16.7 Å². The fraction of sp³-hybridized carbons (Fsp3) is 0.303. The van der Waals surface area contributed by atoms with Gasteiger partial charge in [-0.05, 0) is 51.5 Å². The highest BCUT2D eigenvalue weighted by atomic mass is 19.4. The summed E-state index contributed by atoms with van der Waals surface area (Å²) in [5.74, 6) is -2.44. The van der Waals surface area contributed by atoms with Crippen molar-refractivity contribution in [2.45, 2.75) is 58.6 Å². The van der Waals surface area contributed by atoms with Crippen LogP contribution in [0.2, 0.25) is 0 Å². The van der Waals surface area contributed by atoms with Gasteiger partial charge in [0, 0.05) is 22.4 Å². The molecule has 0 saturated carbocycles. The molecule has 0 aliphatic carbocycles. The number of ether oxygens (including phenoxy) is 2. The minimum absolute atomic E-state index is 0.225. The number of hydrogen-bond donors (Lipinski definition) is 1. The van der Waals surface area contributed by atoms with Crippen molar-refractivity contribution in [2.75, 3.05) is 7.11 Å². The number of methoxy groups -OCH3 is 1. The zero-order valence-electron chi connectivity index (χ0n) is 25.7. The topological polar surface area (TPSA) is 91.6 Å². The standard InChI is InChI=1S/C33H32F5N3O5/c1-19-27(21-13-9-16-25(45-5)28(21)35)29(42)41(18-26(20-11-7-6-8-12-20)46-30(43)39-32(2,3)4)31(44)40(19)17-22-23(33(36,37)38)14-10-15-24(22)34/h6-16,26H,17-18H2,1-5H3,(H,39,43)/t26-/m0/s1. The Morgan fingerprint density at radius 2 is 1.57 bits per heavy atom. The first kappa shape index (κ1) is 33.9. The van der Waals surface area contributed by atoms with Crippen molar-refractivity contribution in [3.05, 3.63) is 122 Å². The van der Waals surface area contributed by atoms with E-state index < -0.39 is 71.0 Å². The Bertz CT molecular complexity index is 1860. The van der Waals surface area contributed by atoms with E-state index in [1.54, 1.807) is 51.1 Å². The summed E-state index contributed by atoms with van der Waals surface area (Å²) in [6, 6.07) is 14.4. The number of amides is 1. The molecule has 1 aromatic heterocycles. The largest absolute Gasteiger partial charge is 0.494 e. The van der Waals surface area contributed by atoms with E-state index in [0.29, 0.717) is 16.2 Å².